The van der Waals surface area contributed by atoms with E-state index in [0.717, 1.165) is 6.07 Å². The van der Waals surface area contributed by atoms with Crippen molar-refractivity contribution in [2.45, 2.75) is 0 Å². The maximum Gasteiger partial charge on any atom is 0.272 e. The Morgan fingerprint density at radius 2 is 2.19 bits per heavy atom. The molecule has 0 aliphatic carbocycles. The van der Waals surface area contributed by atoms with E-state index in [1.54, 1.807) is 0 Å². The summed E-state index contributed by atoms with van der Waals surface area (Å²) in [5.41, 5.74) is -0.179. The third-order valence-electron chi connectivity index (χ3n) is 1.52. The Labute approximate surface area is 109 Å². The Hall–Kier alpha value is -0.850. The number of halogens is 3. The number of nitro benzene ring substituents is 1. The number of hydrogen-bond acceptors (Lipinski definition) is 4. The van der Waals surface area contributed by atoms with Gasteiger partial charge in [0.1, 0.15) is 0 Å². The maximum absolute atomic E-state index is 10.5. The second kappa shape index (κ2) is 5.47. The molecule has 0 atom stereocenters. The molecule has 0 bridgehead atoms. The van der Waals surface area contributed by atoms with E-state index in [1.807, 2.05) is 0 Å². The van der Waals surface area contributed by atoms with Crippen LogP contribution >= 0.6 is 39.1 Å². The van der Waals surface area contributed by atoms with Crippen molar-refractivity contribution in [2.24, 2.45) is 0 Å². The SMILES string of the molecule is O=C(Cl)COc1c(Cl)cc([N+](=O)[O-])cc1Br. The molecule has 16 heavy (non-hydrogen) atoms. The molecule has 0 aliphatic heterocycles. The molecule has 0 unspecified atom stereocenters. The fourth-order valence-corrected chi connectivity index (χ4v) is 1.92. The third-order valence-corrected chi connectivity index (χ3v) is 2.50. The molecule has 0 aliphatic rings. The number of nitro groups is 1. The second-order valence-corrected chi connectivity index (χ2v) is 4.32. The quantitative estimate of drug-likeness (QED) is 0.483. The predicted octanol–water partition coefficient (Wildman–Crippen LogP) is 3.15. The molecule has 0 radical (unpaired) electrons. The van der Waals surface area contributed by atoms with Crippen LogP contribution in [0.1, 0.15) is 0 Å². The van der Waals surface area contributed by atoms with Crippen LogP contribution in [-0.4, -0.2) is 16.8 Å². The summed E-state index contributed by atoms with van der Waals surface area (Å²) >= 11 is 13.9. The van der Waals surface area contributed by atoms with Gasteiger partial charge in [-0.3, -0.25) is 14.9 Å². The first-order valence-corrected chi connectivity index (χ1v) is 5.41. The maximum atomic E-state index is 10.5. The first-order valence-electron chi connectivity index (χ1n) is 3.86. The van der Waals surface area contributed by atoms with Gasteiger partial charge >= 0.3 is 0 Å². The van der Waals surface area contributed by atoms with Gasteiger partial charge in [0, 0.05) is 12.1 Å². The van der Waals surface area contributed by atoms with Crippen molar-refractivity contribution >= 4 is 50.1 Å². The van der Waals surface area contributed by atoms with Crippen LogP contribution < -0.4 is 4.74 Å². The number of ether oxygens (including phenoxy) is 1. The Kier molecular flexibility index (Phi) is 4.52. The van der Waals surface area contributed by atoms with Crippen molar-refractivity contribution in [3.05, 3.63) is 31.7 Å². The monoisotopic (exact) mass is 327 g/mol. The summed E-state index contributed by atoms with van der Waals surface area (Å²) in [6, 6.07) is 2.35. The minimum atomic E-state index is -0.693. The summed E-state index contributed by atoms with van der Waals surface area (Å²) in [5.74, 6) is 0.140. The summed E-state index contributed by atoms with van der Waals surface area (Å²) in [6.07, 6.45) is 0. The van der Waals surface area contributed by atoms with Crippen LogP contribution in [0.3, 0.4) is 0 Å². The highest BCUT2D eigenvalue weighted by molar-refractivity contribution is 9.10. The molecule has 1 aromatic rings. The van der Waals surface area contributed by atoms with Gasteiger partial charge in [-0.15, -0.1) is 0 Å². The topological polar surface area (TPSA) is 69.4 Å². The molecule has 0 aromatic heterocycles. The van der Waals surface area contributed by atoms with E-state index >= 15 is 0 Å². The lowest BCUT2D eigenvalue weighted by atomic mass is 10.3. The average Bonchev–Trinajstić information content (AvgIpc) is 2.15. The van der Waals surface area contributed by atoms with Crippen molar-refractivity contribution in [3.63, 3.8) is 0 Å². The van der Waals surface area contributed by atoms with Crippen LogP contribution in [0.2, 0.25) is 5.02 Å². The fourth-order valence-electron chi connectivity index (χ4n) is 0.919. The Balaban J connectivity index is 3.03. The lowest BCUT2D eigenvalue weighted by Crippen LogP contribution is -2.05. The number of benzene rings is 1. The van der Waals surface area contributed by atoms with E-state index in [2.05, 4.69) is 15.9 Å². The summed E-state index contributed by atoms with van der Waals surface area (Å²) in [5, 5.41) is 9.83. The Bertz CT molecular complexity index is 429. The standard InChI is InChI=1S/C8H4BrCl2NO4/c9-5-1-4(12(14)15)2-6(10)8(5)16-3-7(11)13/h1-2H,3H2. The van der Waals surface area contributed by atoms with E-state index in [-0.39, 0.29) is 27.5 Å². The molecule has 0 heterocycles. The van der Waals surface area contributed by atoms with Crippen LogP contribution in [-0.2, 0) is 4.79 Å². The van der Waals surface area contributed by atoms with Crippen LogP contribution in [0, 0.1) is 10.1 Å². The van der Waals surface area contributed by atoms with Gasteiger partial charge in [-0.25, -0.2) is 0 Å². The van der Waals surface area contributed by atoms with E-state index < -0.39 is 10.2 Å². The van der Waals surface area contributed by atoms with E-state index in [1.165, 1.54) is 6.07 Å². The molecule has 0 N–H and O–H groups in total. The first-order chi connectivity index (χ1) is 7.41. The number of carbonyl (C=O) groups excluding carboxylic acids is 1. The molecular weight excluding hydrogens is 325 g/mol. The summed E-state index contributed by atoms with van der Waals surface area (Å²) in [4.78, 5) is 20.4. The lowest BCUT2D eigenvalue weighted by molar-refractivity contribution is -0.384. The van der Waals surface area contributed by atoms with Crippen molar-refractivity contribution in [3.8, 4) is 5.75 Å². The molecular formula is C8H4BrCl2NO4. The van der Waals surface area contributed by atoms with Crippen molar-refractivity contribution < 1.29 is 14.5 Å². The zero-order valence-electron chi connectivity index (χ0n) is 7.58. The zero-order chi connectivity index (χ0) is 12.3. The number of non-ortho nitro benzene ring substituents is 1. The molecule has 1 aromatic carbocycles. The van der Waals surface area contributed by atoms with Crippen molar-refractivity contribution in [1.82, 2.24) is 0 Å². The number of hydrogen-bond donors (Lipinski definition) is 0. The fraction of sp³-hybridized carbons (Fsp3) is 0.125. The summed E-state index contributed by atoms with van der Waals surface area (Å²) in [6.45, 7) is -0.363. The number of rotatable bonds is 4. The van der Waals surface area contributed by atoms with E-state index in [4.69, 9.17) is 27.9 Å². The lowest BCUT2D eigenvalue weighted by Gasteiger charge is -2.07. The highest BCUT2D eigenvalue weighted by Crippen LogP contribution is 2.36. The van der Waals surface area contributed by atoms with Crippen molar-refractivity contribution in [1.29, 1.82) is 0 Å². The van der Waals surface area contributed by atoms with Crippen LogP contribution in [0.15, 0.2) is 16.6 Å². The zero-order valence-corrected chi connectivity index (χ0v) is 10.7. The van der Waals surface area contributed by atoms with Gasteiger partial charge in [0.25, 0.3) is 10.9 Å². The Morgan fingerprint density at radius 3 is 2.62 bits per heavy atom. The normalized spacial score (nSPS) is 9.94. The molecule has 0 amide bonds. The average molecular weight is 329 g/mol. The summed E-state index contributed by atoms with van der Waals surface area (Å²) < 4.78 is 5.26. The van der Waals surface area contributed by atoms with Gasteiger partial charge in [0.05, 0.1) is 14.4 Å². The molecule has 1 rings (SSSR count). The highest BCUT2D eigenvalue weighted by atomic mass is 79.9. The van der Waals surface area contributed by atoms with Gasteiger partial charge in [0.2, 0.25) is 0 Å². The van der Waals surface area contributed by atoms with E-state index in [9.17, 15) is 14.9 Å². The Morgan fingerprint density at radius 1 is 1.56 bits per heavy atom. The van der Waals surface area contributed by atoms with Gasteiger partial charge in [0.15, 0.2) is 12.4 Å². The van der Waals surface area contributed by atoms with Gasteiger partial charge in [-0.05, 0) is 27.5 Å². The van der Waals surface area contributed by atoms with Crippen LogP contribution in [0.25, 0.3) is 0 Å². The molecule has 86 valence electrons. The van der Waals surface area contributed by atoms with Gasteiger partial charge in [-0.1, -0.05) is 11.6 Å². The number of carbonyl (C=O) groups is 1. The summed E-state index contributed by atoms with van der Waals surface area (Å²) in [7, 11) is 0. The predicted molar refractivity (Wildman–Crippen MR) is 62.2 cm³/mol. The molecule has 0 spiro atoms. The molecule has 0 saturated carbocycles. The highest BCUT2D eigenvalue weighted by Gasteiger charge is 2.15. The van der Waals surface area contributed by atoms with Gasteiger partial charge in [-0.2, -0.15) is 0 Å². The van der Waals surface area contributed by atoms with Crippen LogP contribution in [0.4, 0.5) is 5.69 Å². The van der Waals surface area contributed by atoms with Crippen LogP contribution in [0.5, 0.6) is 5.75 Å². The van der Waals surface area contributed by atoms with E-state index in [0.29, 0.717) is 0 Å². The largest absolute Gasteiger partial charge is 0.482 e. The minimum Gasteiger partial charge on any atom is -0.482 e. The minimum absolute atomic E-state index is 0.0268. The van der Waals surface area contributed by atoms with Gasteiger partial charge < -0.3 is 4.74 Å². The molecule has 8 heteroatoms. The third kappa shape index (κ3) is 3.33. The second-order valence-electron chi connectivity index (χ2n) is 2.64. The first kappa shape index (κ1) is 13.2. The number of nitrogens with zero attached hydrogens (tertiary/aromatic N) is 1. The molecule has 5 nitrogen and oxygen atoms in total. The van der Waals surface area contributed by atoms with Crippen molar-refractivity contribution in [2.75, 3.05) is 6.61 Å². The molecule has 0 saturated heterocycles. The smallest absolute Gasteiger partial charge is 0.272 e. The molecule has 0 fully saturated rings.